The highest BCUT2D eigenvalue weighted by atomic mass is 16.8. The lowest BCUT2D eigenvalue weighted by atomic mass is 9.81. The summed E-state index contributed by atoms with van der Waals surface area (Å²) in [6, 6.07) is -1.20. The second kappa shape index (κ2) is 21.4. The number of ether oxygens (including phenoxy) is 4. The van der Waals surface area contributed by atoms with Gasteiger partial charge in [-0.05, 0) is 33.3 Å². The Labute approximate surface area is 304 Å². The smallest absolute Gasteiger partial charge is 0.331 e. The van der Waals surface area contributed by atoms with Crippen LogP contribution in [0.3, 0.4) is 0 Å². The van der Waals surface area contributed by atoms with E-state index in [-0.39, 0.29) is 24.3 Å². The van der Waals surface area contributed by atoms with Crippen molar-refractivity contribution in [3.8, 4) is 0 Å². The number of methoxy groups -OCH3 is 2. The molecule has 0 spiro atoms. The molecule has 0 aromatic carbocycles. The molecule has 0 saturated carbocycles. The first-order valence-corrected chi connectivity index (χ1v) is 16.4. The summed E-state index contributed by atoms with van der Waals surface area (Å²) in [4.78, 5) is 56.3. The van der Waals surface area contributed by atoms with Gasteiger partial charge < -0.3 is 38.7 Å². The number of nitrogens with one attached hydrogen (secondary N) is 1. The monoisotopic (exact) mass is 726 g/mol. The van der Waals surface area contributed by atoms with Crippen LogP contribution in [0.1, 0.15) is 33.5 Å². The van der Waals surface area contributed by atoms with Gasteiger partial charge in [0.05, 0.1) is 30.9 Å². The standard InChI is InChI=1S/C37H50N4O11/c1-27(19-15-12-13-16-20-29-23-38-25-51-29)32(43)36(3,4)34(45)39-22-18-14-10-8-9-11-17-21-30(42)41(47)37(24-50-26-52-37)35(46)40(5)31(28(2)48-6)33(44)49-7/h8-19,21,23,25,28,31-32,43,47H,20,22,24,26H2,1-7H3,(H,39,45)/t28-,31-,32+,37-/m1/s1. The number of carbonyl (C=O) groups is 4. The highest BCUT2D eigenvalue weighted by Crippen LogP contribution is 2.28. The van der Waals surface area contributed by atoms with Crippen molar-refractivity contribution in [3.63, 3.8) is 0 Å². The maximum absolute atomic E-state index is 13.5. The quantitative estimate of drug-likeness (QED) is 0.0623. The maximum Gasteiger partial charge on any atom is 0.331 e. The van der Waals surface area contributed by atoms with Crippen LogP contribution in [-0.2, 0) is 44.5 Å². The number of hydroxylamine groups is 2. The third-order valence-corrected chi connectivity index (χ3v) is 8.09. The van der Waals surface area contributed by atoms with Gasteiger partial charge in [0.15, 0.2) is 19.2 Å². The number of aliphatic hydroxyl groups is 1. The Balaban J connectivity index is 1.86. The number of esters is 1. The molecular formula is C37H50N4O11. The molecule has 1 aliphatic heterocycles. The molecule has 52 heavy (non-hydrogen) atoms. The normalized spacial score (nSPS) is 19.0. The largest absolute Gasteiger partial charge is 0.467 e. The van der Waals surface area contributed by atoms with Crippen LogP contribution in [0.4, 0.5) is 0 Å². The van der Waals surface area contributed by atoms with Gasteiger partial charge in [0.1, 0.15) is 12.4 Å². The third-order valence-electron chi connectivity index (χ3n) is 8.09. The minimum Gasteiger partial charge on any atom is -0.467 e. The van der Waals surface area contributed by atoms with E-state index >= 15 is 0 Å². The summed E-state index contributed by atoms with van der Waals surface area (Å²) in [5, 5.41) is 24.5. The molecule has 15 nitrogen and oxygen atoms in total. The summed E-state index contributed by atoms with van der Waals surface area (Å²) in [6.45, 7) is 6.03. The van der Waals surface area contributed by atoms with E-state index in [0.29, 0.717) is 12.0 Å². The lowest BCUT2D eigenvalue weighted by Gasteiger charge is -2.38. The number of oxazole rings is 1. The van der Waals surface area contributed by atoms with Crippen molar-refractivity contribution in [3.05, 3.63) is 103 Å². The Morgan fingerprint density at radius 1 is 1.06 bits per heavy atom. The molecule has 284 valence electrons. The van der Waals surface area contributed by atoms with Gasteiger partial charge in [0.25, 0.3) is 17.5 Å². The average molecular weight is 727 g/mol. The van der Waals surface area contributed by atoms with Crippen LogP contribution in [0, 0.1) is 5.41 Å². The van der Waals surface area contributed by atoms with Crippen molar-refractivity contribution in [2.45, 2.75) is 58.1 Å². The number of allylic oxidation sites excluding steroid dienone is 11. The highest BCUT2D eigenvalue weighted by Gasteiger charge is 2.54. The third kappa shape index (κ3) is 12.1. The second-order valence-electron chi connectivity index (χ2n) is 12.2. The maximum atomic E-state index is 13.5. The first-order valence-electron chi connectivity index (χ1n) is 16.4. The van der Waals surface area contributed by atoms with Gasteiger partial charge in [-0.2, -0.15) is 5.06 Å². The minimum atomic E-state index is -2.24. The van der Waals surface area contributed by atoms with Crippen molar-refractivity contribution in [2.24, 2.45) is 5.41 Å². The molecule has 0 radical (unpaired) electrons. The predicted molar refractivity (Wildman–Crippen MR) is 190 cm³/mol. The van der Waals surface area contributed by atoms with Crippen LogP contribution in [0.25, 0.3) is 0 Å². The van der Waals surface area contributed by atoms with Gasteiger partial charge in [-0.3, -0.25) is 19.6 Å². The first kappa shape index (κ1) is 43.2. The van der Waals surface area contributed by atoms with Gasteiger partial charge in [-0.1, -0.05) is 72.9 Å². The molecule has 0 aliphatic carbocycles. The van der Waals surface area contributed by atoms with Crippen LogP contribution < -0.4 is 5.32 Å². The SMILES string of the molecule is COC(=O)[C@@H]([C@@H](C)OC)N(C)C(=O)[C@@]1(N(O)C(=O)C=CC=CC=CC=CCNC(=O)C(C)(C)[C@@H](O)C(C)=CC=CC=CCc2cnco2)COCO1. The molecule has 2 rings (SSSR count). The molecule has 1 aromatic heterocycles. The van der Waals surface area contributed by atoms with E-state index < -0.39 is 53.8 Å². The van der Waals surface area contributed by atoms with E-state index in [1.807, 2.05) is 18.2 Å². The van der Waals surface area contributed by atoms with Crippen LogP contribution in [-0.4, -0.2) is 114 Å². The zero-order chi connectivity index (χ0) is 38.7. The fourth-order valence-corrected chi connectivity index (χ4v) is 4.84. The van der Waals surface area contributed by atoms with Crippen molar-refractivity contribution < 1.29 is 52.9 Å². The van der Waals surface area contributed by atoms with Crippen LogP contribution in [0.2, 0.25) is 0 Å². The number of hydrogen-bond donors (Lipinski definition) is 3. The number of likely N-dealkylation sites (N-methyl/N-ethyl adjacent to an activating group) is 1. The molecule has 2 heterocycles. The zero-order valence-corrected chi connectivity index (χ0v) is 30.6. The molecule has 0 bridgehead atoms. The van der Waals surface area contributed by atoms with E-state index in [9.17, 15) is 29.5 Å². The molecule has 1 aliphatic rings. The van der Waals surface area contributed by atoms with E-state index in [1.54, 1.807) is 76.4 Å². The van der Waals surface area contributed by atoms with Crippen LogP contribution in [0.5, 0.6) is 0 Å². The van der Waals surface area contributed by atoms with Crippen molar-refractivity contribution in [1.29, 1.82) is 0 Å². The number of nitrogens with zero attached hydrogens (tertiary/aromatic N) is 3. The highest BCUT2D eigenvalue weighted by molar-refractivity contribution is 5.95. The Morgan fingerprint density at radius 3 is 2.33 bits per heavy atom. The number of aromatic nitrogens is 1. The molecule has 4 atom stereocenters. The predicted octanol–water partition coefficient (Wildman–Crippen LogP) is 2.96. The van der Waals surface area contributed by atoms with E-state index in [2.05, 4.69) is 10.3 Å². The summed E-state index contributed by atoms with van der Waals surface area (Å²) >= 11 is 0. The average Bonchev–Trinajstić information content (AvgIpc) is 3.86. The topological polar surface area (TPSA) is 190 Å². The summed E-state index contributed by atoms with van der Waals surface area (Å²) in [6.07, 6.45) is 23.3. The Morgan fingerprint density at radius 2 is 1.71 bits per heavy atom. The zero-order valence-electron chi connectivity index (χ0n) is 30.6. The van der Waals surface area contributed by atoms with E-state index in [0.717, 1.165) is 23.8 Å². The molecule has 1 fully saturated rings. The van der Waals surface area contributed by atoms with Gasteiger partial charge in [0.2, 0.25) is 5.91 Å². The van der Waals surface area contributed by atoms with Gasteiger partial charge >= 0.3 is 5.97 Å². The molecular weight excluding hydrogens is 676 g/mol. The summed E-state index contributed by atoms with van der Waals surface area (Å²) in [7, 11) is 3.81. The molecule has 0 unspecified atom stereocenters. The fourth-order valence-electron chi connectivity index (χ4n) is 4.84. The number of hydrogen-bond acceptors (Lipinski definition) is 12. The Hall–Kier alpha value is -4.93. The van der Waals surface area contributed by atoms with Crippen LogP contribution >= 0.6 is 0 Å². The summed E-state index contributed by atoms with van der Waals surface area (Å²) < 4.78 is 25.7. The van der Waals surface area contributed by atoms with Crippen LogP contribution in [0.15, 0.2) is 102 Å². The van der Waals surface area contributed by atoms with Gasteiger partial charge in [-0.15, -0.1) is 0 Å². The fraction of sp³-hybridized carbons (Fsp3) is 0.432. The number of carbonyl (C=O) groups excluding carboxylic acids is 4. The van der Waals surface area contributed by atoms with Crippen molar-refractivity contribution in [1.82, 2.24) is 20.3 Å². The number of amides is 3. The Bertz CT molecular complexity index is 1530. The molecule has 3 N–H and O–H groups in total. The summed E-state index contributed by atoms with van der Waals surface area (Å²) in [5.74, 6) is -2.22. The lowest BCUT2D eigenvalue weighted by Crippen LogP contribution is -2.64. The van der Waals surface area contributed by atoms with Crippen molar-refractivity contribution in [2.75, 3.05) is 41.2 Å². The molecule has 15 heteroatoms. The van der Waals surface area contributed by atoms with E-state index in [1.165, 1.54) is 32.7 Å². The number of aliphatic hydroxyl groups excluding tert-OH is 1. The minimum absolute atomic E-state index is 0.124. The summed E-state index contributed by atoms with van der Waals surface area (Å²) in [5.41, 5.74) is -2.68. The van der Waals surface area contributed by atoms with Gasteiger partial charge in [-0.25, -0.2) is 9.78 Å². The van der Waals surface area contributed by atoms with Crippen molar-refractivity contribution >= 4 is 23.7 Å². The first-order chi connectivity index (χ1) is 24.7. The van der Waals surface area contributed by atoms with E-state index in [4.69, 9.17) is 23.4 Å². The molecule has 3 amide bonds. The lowest BCUT2D eigenvalue weighted by molar-refractivity contribution is -0.246. The number of rotatable bonds is 19. The molecule has 1 aromatic rings. The molecule has 1 saturated heterocycles. The second-order valence-corrected chi connectivity index (χ2v) is 12.2. The van der Waals surface area contributed by atoms with Gasteiger partial charge in [0, 0.05) is 33.2 Å². The Kier molecular flexibility index (Phi) is 17.8.